The molecule has 1 amide bonds. The lowest BCUT2D eigenvalue weighted by Gasteiger charge is -2.29. The number of hydrogen-bond acceptors (Lipinski definition) is 3. The minimum absolute atomic E-state index is 0.0401. The van der Waals surface area contributed by atoms with Gasteiger partial charge in [0, 0.05) is 62.5 Å². The van der Waals surface area contributed by atoms with E-state index in [2.05, 4.69) is 12.0 Å². The van der Waals surface area contributed by atoms with Gasteiger partial charge in [-0.05, 0) is 31.7 Å². The molecule has 1 fully saturated rings. The molecular formula is C22H27F3N4O. The average molecular weight is 420 g/mol. The Kier molecular flexibility index (Phi) is 6.13. The summed E-state index contributed by atoms with van der Waals surface area (Å²) in [6.07, 6.45) is 4.74. The fourth-order valence-corrected chi connectivity index (χ4v) is 4.43. The summed E-state index contributed by atoms with van der Waals surface area (Å²) in [5.41, 5.74) is 2.53. The van der Waals surface area contributed by atoms with Crippen molar-refractivity contribution in [2.45, 2.75) is 58.7 Å². The second-order valence-electron chi connectivity index (χ2n) is 8.14. The maximum atomic E-state index is 14.1. The van der Waals surface area contributed by atoms with Crippen LogP contribution in [0.2, 0.25) is 0 Å². The van der Waals surface area contributed by atoms with Crippen molar-refractivity contribution in [1.29, 1.82) is 0 Å². The molecular weight excluding hydrogens is 393 g/mol. The summed E-state index contributed by atoms with van der Waals surface area (Å²) >= 11 is 0. The Hall–Kier alpha value is -2.35. The van der Waals surface area contributed by atoms with E-state index in [-0.39, 0.29) is 18.0 Å². The first-order valence-electron chi connectivity index (χ1n) is 10.7. The maximum absolute atomic E-state index is 14.1. The first-order chi connectivity index (χ1) is 14.5. The molecule has 0 spiro atoms. The van der Waals surface area contributed by atoms with E-state index < -0.39 is 17.5 Å². The molecule has 3 heterocycles. The summed E-state index contributed by atoms with van der Waals surface area (Å²) < 4.78 is 42.9. The Morgan fingerprint density at radius 2 is 1.83 bits per heavy atom. The van der Waals surface area contributed by atoms with E-state index in [0.717, 1.165) is 62.6 Å². The molecule has 5 nitrogen and oxygen atoms in total. The second kappa shape index (κ2) is 8.79. The third-order valence-electron chi connectivity index (χ3n) is 6.00. The molecule has 1 saturated heterocycles. The molecule has 4 rings (SSSR count). The van der Waals surface area contributed by atoms with Crippen LogP contribution in [0.5, 0.6) is 0 Å². The first-order valence-corrected chi connectivity index (χ1v) is 10.7. The predicted molar refractivity (Wildman–Crippen MR) is 106 cm³/mol. The van der Waals surface area contributed by atoms with Gasteiger partial charge in [-0.2, -0.15) is 5.10 Å². The van der Waals surface area contributed by atoms with Crippen molar-refractivity contribution in [3.05, 3.63) is 52.1 Å². The van der Waals surface area contributed by atoms with Crippen LogP contribution in [0.1, 0.15) is 59.9 Å². The molecule has 0 unspecified atom stereocenters. The third-order valence-corrected chi connectivity index (χ3v) is 6.00. The van der Waals surface area contributed by atoms with Crippen molar-refractivity contribution in [2.75, 3.05) is 19.6 Å². The van der Waals surface area contributed by atoms with Crippen LogP contribution in [-0.4, -0.2) is 45.1 Å². The summed E-state index contributed by atoms with van der Waals surface area (Å²) in [7, 11) is 0. The smallest absolute Gasteiger partial charge is 0.274 e. The molecule has 8 heteroatoms. The number of carbonyl (C=O) groups excluding carboxylic acids is 1. The van der Waals surface area contributed by atoms with E-state index in [1.807, 2.05) is 14.5 Å². The number of halogens is 3. The largest absolute Gasteiger partial charge is 0.337 e. The molecule has 2 aliphatic rings. The molecule has 0 bridgehead atoms. The fraction of sp³-hybridized carbons (Fsp3) is 0.545. The normalized spacial score (nSPS) is 17.3. The van der Waals surface area contributed by atoms with Crippen LogP contribution < -0.4 is 0 Å². The number of rotatable bonds is 5. The molecule has 1 aromatic heterocycles. The van der Waals surface area contributed by atoms with Crippen molar-refractivity contribution in [1.82, 2.24) is 19.6 Å². The summed E-state index contributed by atoms with van der Waals surface area (Å²) in [4.78, 5) is 17.0. The highest BCUT2D eigenvalue weighted by molar-refractivity contribution is 5.94. The summed E-state index contributed by atoms with van der Waals surface area (Å²) in [6.45, 7) is 5.54. The minimum atomic E-state index is -1.44. The molecule has 1 aromatic carbocycles. The predicted octanol–water partition coefficient (Wildman–Crippen LogP) is 3.89. The highest BCUT2D eigenvalue weighted by Crippen LogP contribution is 2.27. The second-order valence-corrected chi connectivity index (χ2v) is 8.14. The van der Waals surface area contributed by atoms with E-state index in [9.17, 15) is 18.0 Å². The molecule has 0 saturated carbocycles. The molecule has 2 aliphatic heterocycles. The third kappa shape index (κ3) is 3.97. The van der Waals surface area contributed by atoms with Crippen LogP contribution in [0.3, 0.4) is 0 Å². The van der Waals surface area contributed by atoms with E-state index >= 15 is 0 Å². The van der Waals surface area contributed by atoms with Gasteiger partial charge in [0.05, 0.1) is 0 Å². The number of nitrogens with zero attached hydrogens (tertiary/aromatic N) is 4. The van der Waals surface area contributed by atoms with Crippen LogP contribution in [-0.2, 0) is 26.1 Å². The number of aromatic nitrogens is 2. The van der Waals surface area contributed by atoms with Gasteiger partial charge in [-0.3, -0.25) is 14.4 Å². The number of carbonyl (C=O) groups is 1. The van der Waals surface area contributed by atoms with Gasteiger partial charge in [-0.25, -0.2) is 13.2 Å². The van der Waals surface area contributed by atoms with Gasteiger partial charge in [0.2, 0.25) is 0 Å². The molecule has 30 heavy (non-hydrogen) atoms. The summed E-state index contributed by atoms with van der Waals surface area (Å²) in [5, 5.41) is 4.66. The number of hydrogen-bond donors (Lipinski definition) is 0. The lowest BCUT2D eigenvalue weighted by Crippen LogP contribution is -2.37. The zero-order valence-electron chi connectivity index (χ0n) is 17.3. The van der Waals surface area contributed by atoms with Crippen molar-refractivity contribution < 1.29 is 18.0 Å². The number of fused-ring (bicyclic) bond motifs is 1. The fourth-order valence-electron chi connectivity index (χ4n) is 4.43. The molecule has 2 aromatic rings. The monoisotopic (exact) mass is 420 g/mol. The van der Waals surface area contributed by atoms with Crippen LogP contribution >= 0.6 is 0 Å². The van der Waals surface area contributed by atoms with E-state index in [4.69, 9.17) is 0 Å². The zero-order valence-corrected chi connectivity index (χ0v) is 17.3. The van der Waals surface area contributed by atoms with Gasteiger partial charge in [0.15, 0.2) is 23.1 Å². The standard InChI is InChI=1S/C22H27F3N4O/c1-2-9-29-18-8-12-27(13-15-6-7-17(23)20(25)19(15)24)14-16(18)21(26-29)22(30)28-10-4-3-5-11-28/h6-7H,2-5,8-14H2,1H3. The van der Waals surface area contributed by atoms with Crippen LogP contribution in [0.4, 0.5) is 13.2 Å². The topological polar surface area (TPSA) is 41.4 Å². The van der Waals surface area contributed by atoms with Gasteiger partial charge in [-0.15, -0.1) is 0 Å². The highest BCUT2D eigenvalue weighted by atomic mass is 19.2. The van der Waals surface area contributed by atoms with Crippen molar-refractivity contribution in [2.24, 2.45) is 0 Å². The van der Waals surface area contributed by atoms with Gasteiger partial charge < -0.3 is 4.90 Å². The van der Waals surface area contributed by atoms with Crippen molar-refractivity contribution in [3.8, 4) is 0 Å². The number of benzene rings is 1. The van der Waals surface area contributed by atoms with Crippen LogP contribution in [0, 0.1) is 17.5 Å². The lowest BCUT2D eigenvalue weighted by molar-refractivity contribution is 0.0714. The molecule has 0 radical (unpaired) electrons. The SMILES string of the molecule is CCCn1nc(C(=O)N2CCCCC2)c2c1CCN(Cc1ccc(F)c(F)c1F)C2. The average Bonchev–Trinajstić information content (AvgIpc) is 3.12. The zero-order chi connectivity index (χ0) is 21.3. The van der Waals surface area contributed by atoms with E-state index in [1.165, 1.54) is 6.07 Å². The number of aryl methyl sites for hydroxylation is 1. The Morgan fingerprint density at radius 3 is 2.57 bits per heavy atom. The summed E-state index contributed by atoms with van der Waals surface area (Å²) in [5.74, 6) is -3.82. The van der Waals surface area contributed by atoms with Crippen LogP contribution in [0.25, 0.3) is 0 Å². The molecule has 0 N–H and O–H groups in total. The Balaban J connectivity index is 1.59. The van der Waals surface area contributed by atoms with Crippen LogP contribution in [0.15, 0.2) is 12.1 Å². The van der Waals surface area contributed by atoms with Gasteiger partial charge >= 0.3 is 0 Å². The van der Waals surface area contributed by atoms with Gasteiger partial charge in [0.1, 0.15) is 0 Å². The maximum Gasteiger partial charge on any atom is 0.274 e. The Labute approximate surface area is 174 Å². The molecule has 0 atom stereocenters. The molecule has 0 aliphatic carbocycles. The quantitative estimate of drug-likeness (QED) is 0.689. The Bertz CT molecular complexity index is 937. The number of piperidine rings is 1. The Morgan fingerprint density at radius 1 is 1.07 bits per heavy atom. The number of amides is 1. The van der Waals surface area contributed by atoms with Crippen molar-refractivity contribution in [3.63, 3.8) is 0 Å². The van der Waals surface area contributed by atoms with Gasteiger partial charge in [0.25, 0.3) is 5.91 Å². The minimum Gasteiger partial charge on any atom is -0.337 e. The molecule has 162 valence electrons. The first kappa shape index (κ1) is 20.9. The van der Waals surface area contributed by atoms with E-state index in [0.29, 0.717) is 25.2 Å². The lowest BCUT2D eigenvalue weighted by atomic mass is 10.0. The number of likely N-dealkylation sites (tertiary alicyclic amines) is 1. The highest BCUT2D eigenvalue weighted by Gasteiger charge is 2.31. The van der Waals surface area contributed by atoms with E-state index in [1.54, 1.807) is 0 Å². The van der Waals surface area contributed by atoms with Crippen molar-refractivity contribution >= 4 is 5.91 Å². The van der Waals surface area contributed by atoms with Gasteiger partial charge in [-0.1, -0.05) is 13.0 Å². The summed E-state index contributed by atoms with van der Waals surface area (Å²) in [6, 6.07) is 2.23.